The zero-order chi connectivity index (χ0) is 19.1. The van der Waals surface area contributed by atoms with Gasteiger partial charge in [-0.05, 0) is 41.3 Å². The van der Waals surface area contributed by atoms with Crippen LogP contribution < -0.4 is 10.7 Å². The van der Waals surface area contributed by atoms with E-state index in [2.05, 4.69) is 29.7 Å². The molecule has 0 unspecified atom stereocenters. The van der Waals surface area contributed by atoms with Gasteiger partial charge in [-0.3, -0.25) is 9.59 Å². The third kappa shape index (κ3) is 5.27. The molecule has 0 spiro atoms. The summed E-state index contributed by atoms with van der Waals surface area (Å²) in [5.41, 5.74) is 4.50. The zero-order valence-electron chi connectivity index (χ0n) is 14.4. The number of hydrogen-bond donors (Lipinski definition) is 3. The molecule has 0 aliphatic heterocycles. The van der Waals surface area contributed by atoms with Gasteiger partial charge in [-0.1, -0.05) is 38.1 Å². The van der Waals surface area contributed by atoms with Gasteiger partial charge >= 0.3 is 17.8 Å². The van der Waals surface area contributed by atoms with Crippen LogP contribution in [-0.2, 0) is 9.59 Å². The van der Waals surface area contributed by atoms with E-state index in [1.165, 1.54) is 30.5 Å². The Bertz CT molecular complexity index is 825. The van der Waals surface area contributed by atoms with E-state index in [4.69, 9.17) is 5.11 Å². The Hall–Kier alpha value is -3.48. The van der Waals surface area contributed by atoms with Gasteiger partial charge in [0.05, 0.1) is 11.8 Å². The Labute approximate surface area is 150 Å². The SMILES string of the molecule is CC(C)c1ccc(NC(=O)C(=O)N/N=C\c2ccc(C(=O)O)cc2)cc1. The summed E-state index contributed by atoms with van der Waals surface area (Å²) in [6.07, 6.45) is 1.31. The van der Waals surface area contributed by atoms with Crippen molar-refractivity contribution in [2.24, 2.45) is 5.10 Å². The highest BCUT2D eigenvalue weighted by Gasteiger charge is 2.13. The maximum absolute atomic E-state index is 11.8. The molecule has 7 heteroatoms. The maximum Gasteiger partial charge on any atom is 0.335 e. The zero-order valence-corrected chi connectivity index (χ0v) is 14.4. The summed E-state index contributed by atoms with van der Waals surface area (Å²) < 4.78 is 0. The van der Waals surface area contributed by atoms with Crippen LogP contribution in [0, 0.1) is 0 Å². The molecule has 0 radical (unpaired) electrons. The second-order valence-electron chi connectivity index (χ2n) is 5.86. The van der Waals surface area contributed by atoms with Crippen molar-refractivity contribution < 1.29 is 19.5 Å². The average Bonchev–Trinajstić information content (AvgIpc) is 2.62. The maximum atomic E-state index is 11.8. The Morgan fingerprint density at radius 3 is 2.12 bits per heavy atom. The summed E-state index contributed by atoms with van der Waals surface area (Å²) in [4.78, 5) is 34.3. The number of nitrogens with one attached hydrogen (secondary N) is 2. The van der Waals surface area contributed by atoms with Crippen LogP contribution in [0.5, 0.6) is 0 Å². The summed E-state index contributed by atoms with van der Waals surface area (Å²) in [6, 6.07) is 13.1. The molecule has 0 aliphatic rings. The van der Waals surface area contributed by atoms with Gasteiger partial charge in [0.1, 0.15) is 0 Å². The number of carbonyl (C=O) groups excluding carboxylic acids is 2. The summed E-state index contributed by atoms with van der Waals surface area (Å²) in [5.74, 6) is -2.39. The van der Waals surface area contributed by atoms with Crippen molar-refractivity contribution in [3.8, 4) is 0 Å². The molecule has 0 aliphatic carbocycles. The third-order valence-electron chi connectivity index (χ3n) is 3.58. The van der Waals surface area contributed by atoms with Gasteiger partial charge in [0.25, 0.3) is 0 Å². The Morgan fingerprint density at radius 1 is 0.962 bits per heavy atom. The lowest BCUT2D eigenvalue weighted by Gasteiger charge is -2.07. The lowest BCUT2D eigenvalue weighted by Crippen LogP contribution is -2.32. The van der Waals surface area contributed by atoms with E-state index >= 15 is 0 Å². The number of aromatic carboxylic acids is 1. The summed E-state index contributed by atoms with van der Waals surface area (Å²) in [6.45, 7) is 4.13. The highest BCUT2D eigenvalue weighted by Crippen LogP contribution is 2.16. The molecule has 2 amide bonds. The highest BCUT2D eigenvalue weighted by atomic mass is 16.4. The largest absolute Gasteiger partial charge is 0.478 e. The van der Waals surface area contributed by atoms with E-state index in [9.17, 15) is 14.4 Å². The molecule has 0 aromatic heterocycles. The second kappa shape index (κ2) is 8.57. The number of hydrogen-bond acceptors (Lipinski definition) is 4. The fraction of sp³-hybridized carbons (Fsp3) is 0.158. The molecule has 0 atom stereocenters. The van der Waals surface area contributed by atoms with Gasteiger partial charge in [-0.2, -0.15) is 5.10 Å². The number of anilines is 1. The number of carboxylic acid groups (broad SMARTS) is 1. The molecule has 0 heterocycles. The topological polar surface area (TPSA) is 108 Å². The van der Waals surface area contributed by atoms with Gasteiger partial charge in [-0.15, -0.1) is 0 Å². The number of rotatable bonds is 5. The Kier molecular flexibility index (Phi) is 6.21. The van der Waals surface area contributed by atoms with Crippen molar-refractivity contribution >= 4 is 29.7 Å². The van der Waals surface area contributed by atoms with E-state index in [1.54, 1.807) is 12.1 Å². The molecule has 3 N–H and O–H groups in total. The van der Waals surface area contributed by atoms with E-state index in [1.807, 2.05) is 12.1 Å². The molecule has 7 nitrogen and oxygen atoms in total. The number of amides is 2. The van der Waals surface area contributed by atoms with Crippen LogP contribution in [0.25, 0.3) is 0 Å². The standard InChI is InChI=1S/C19H19N3O4/c1-12(2)14-7-9-16(10-8-14)21-17(23)18(24)22-20-11-13-3-5-15(6-4-13)19(25)26/h3-12H,1-2H3,(H,21,23)(H,22,24)(H,25,26)/b20-11-. The van der Waals surface area contributed by atoms with Crippen LogP contribution in [0.15, 0.2) is 53.6 Å². The molecule has 2 aromatic rings. The predicted molar refractivity (Wildman–Crippen MR) is 98.3 cm³/mol. The fourth-order valence-electron chi connectivity index (χ4n) is 2.07. The van der Waals surface area contributed by atoms with Crippen LogP contribution in [0.4, 0.5) is 5.69 Å². The molecular formula is C19H19N3O4. The van der Waals surface area contributed by atoms with Crippen LogP contribution in [0.2, 0.25) is 0 Å². The third-order valence-corrected chi connectivity index (χ3v) is 3.58. The molecule has 0 bridgehead atoms. The van der Waals surface area contributed by atoms with E-state index in [0.717, 1.165) is 5.56 Å². The number of hydrazone groups is 1. The lowest BCUT2D eigenvalue weighted by atomic mass is 10.0. The molecule has 2 aromatic carbocycles. The molecule has 0 saturated carbocycles. The fourth-order valence-corrected chi connectivity index (χ4v) is 2.07. The number of carboxylic acids is 1. The first-order chi connectivity index (χ1) is 12.4. The normalized spacial score (nSPS) is 10.7. The second-order valence-corrected chi connectivity index (χ2v) is 5.86. The predicted octanol–water partition coefficient (Wildman–Crippen LogP) is 2.60. The van der Waals surface area contributed by atoms with Gasteiger partial charge in [0.2, 0.25) is 0 Å². The van der Waals surface area contributed by atoms with Gasteiger partial charge in [0, 0.05) is 5.69 Å². The summed E-state index contributed by atoms with van der Waals surface area (Å²) in [7, 11) is 0. The van der Waals surface area contributed by atoms with Crippen LogP contribution in [0.1, 0.15) is 41.3 Å². The first kappa shape index (κ1) is 18.9. The van der Waals surface area contributed by atoms with Crippen LogP contribution >= 0.6 is 0 Å². The van der Waals surface area contributed by atoms with E-state index in [0.29, 0.717) is 17.2 Å². The molecular weight excluding hydrogens is 334 g/mol. The van der Waals surface area contributed by atoms with Gasteiger partial charge in [0.15, 0.2) is 0 Å². The summed E-state index contributed by atoms with van der Waals surface area (Å²) >= 11 is 0. The number of benzene rings is 2. The van der Waals surface area contributed by atoms with Crippen molar-refractivity contribution in [3.05, 3.63) is 65.2 Å². The van der Waals surface area contributed by atoms with Crippen molar-refractivity contribution in [1.29, 1.82) is 0 Å². The lowest BCUT2D eigenvalue weighted by molar-refractivity contribution is -0.136. The van der Waals surface area contributed by atoms with Crippen molar-refractivity contribution in [3.63, 3.8) is 0 Å². The average molecular weight is 353 g/mol. The van der Waals surface area contributed by atoms with Crippen molar-refractivity contribution in [1.82, 2.24) is 5.43 Å². The van der Waals surface area contributed by atoms with Gasteiger partial charge < -0.3 is 10.4 Å². The van der Waals surface area contributed by atoms with Crippen LogP contribution in [-0.4, -0.2) is 29.1 Å². The molecule has 2 rings (SSSR count). The minimum absolute atomic E-state index is 0.147. The molecule has 134 valence electrons. The molecule has 0 fully saturated rings. The quantitative estimate of drug-likeness (QED) is 0.436. The van der Waals surface area contributed by atoms with Gasteiger partial charge in [-0.25, -0.2) is 10.2 Å². The Balaban J connectivity index is 1.88. The summed E-state index contributed by atoms with van der Waals surface area (Å²) in [5, 5.41) is 15.0. The molecule has 0 saturated heterocycles. The first-order valence-corrected chi connectivity index (χ1v) is 7.94. The minimum Gasteiger partial charge on any atom is -0.478 e. The number of carbonyl (C=O) groups is 3. The first-order valence-electron chi connectivity index (χ1n) is 7.94. The van der Waals surface area contributed by atoms with E-state index < -0.39 is 17.8 Å². The van der Waals surface area contributed by atoms with E-state index in [-0.39, 0.29) is 5.56 Å². The van der Waals surface area contributed by atoms with Crippen molar-refractivity contribution in [2.45, 2.75) is 19.8 Å². The monoisotopic (exact) mass is 353 g/mol. The Morgan fingerprint density at radius 2 is 1.58 bits per heavy atom. The minimum atomic E-state index is -1.03. The highest BCUT2D eigenvalue weighted by molar-refractivity contribution is 6.39. The number of nitrogens with zero attached hydrogens (tertiary/aromatic N) is 1. The molecule has 26 heavy (non-hydrogen) atoms. The van der Waals surface area contributed by atoms with Crippen molar-refractivity contribution in [2.75, 3.05) is 5.32 Å². The van der Waals surface area contributed by atoms with Crippen LogP contribution in [0.3, 0.4) is 0 Å². The smallest absolute Gasteiger partial charge is 0.335 e.